The predicted molar refractivity (Wildman–Crippen MR) is 337 cm³/mol. The van der Waals surface area contributed by atoms with Gasteiger partial charge in [0.15, 0.2) is 11.5 Å². The zero-order chi connectivity index (χ0) is 54.0. The number of rotatable bonds is 40. The summed E-state index contributed by atoms with van der Waals surface area (Å²) in [5.41, 5.74) is 6.89. The van der Waals surface area contributed by atoms with Crippen LogP contribution in [0.1, 0.15) is 282 Å². The Balaban J connectivity index is 0.000000801. The van der Waals surface area contributed by atoms with Gasteiger partial charge >= 0.3 is 0 Å². The Morgan fingerprint density at radius 1 is 0.507 bits per heavy atom. The molecule has 2 N–H and O–H groups in total. The first-order chi connectivity index (χ1) is 36.9. The zero-order valence-corrected chi connectivity index (χ0v) is 50.3. The molecule has 0 heterocycles. The lowest BCUT2D eigenvalue weighted by molar-refractivity contribution is 0.257. The van der Waals surface area contributed by atoms with Crippen LogP contribution in [0.25, 0.3) is 32.8 Å². The van der Waals surface area contributed by atoms with Gasteiger partial charge < -0.3 is 19.3 Å². The molecule has 4 nitrogen and oxygen atoms in total. The van der Waals surface area contributed by atoms with E-state index in [1.54, 1.807) is 0 Å². The van der Waals surface area contributed by atoms with Crippen molar-refractivity contribution in [2.75, 3.05) is 13.2 Å². The lowest BCUT2D eigenvalue weighted by Gasteiger charge is -2.22. The van der Waals surface area contributed by atoms with Gasteiger partial charge in [-0.1, -0.05) is 301 Å². The molecule has 0 fully saturated rings. The van der Waals surface area contributed by atoms with E-state index in [-0.39, 0.29) is 0 Å². The smallest absolute Gasteiger partial charge is 0.164 e. The van der Waals surface area contributed by atoms with E-state index in [2.05, 4.69) is 133 Å². The van der Waals surface area contributed by atoms with Crippen LogP contribution in [0.5, 0.6) is 11.5 Å². The number of nitrogens with one attached hydrogen (secondary N) is 1. The molecule has 0 saturated carbocycles. The zero-order valence-electron chi connectivity index (χ0n) is 49.5. The van der Waals surface area contributed by atoms with Gasteiger partial charge in [0, 0.05) is 34.8 Å². The van der Waals surface area contributed by atoms with Crippen LogP contribution in [-0.2, 0) is 6.54 Å². The molecule has 4 aromatic rings. The number of fused-ring (bicyclic) bond motifs is 2. The predicted octanol–water partition coefficient (Wildman–Crippen LogP) is 23.7. The summed E-state index contributed by atoms with van der Waals surface area (Å²) in [6.07, 6.45) is 49.4. The molecule has 4 aromatic carbocycles. The van der Waals surface area contributed by atoms with E-state index < -0.39 is 0 Å². The van der Waals surface area contributed by atoms with Crippen molar-refractivity contribution in [1.29, 1.82) is 0 Å². The van der Waals surface area contributed by atoms with E-state index >= 15 is 0 Å². The first-order valence-corrected chi connectivity index (χ1v) is 32.1. The van der Waals surface area contributed by atoms with Crippen molar-refractivity contribution in [2.45, 2.75) is 273 Å². The molecule has 1 aliphatic carbocycles. The Bertz CT molecular complexity index is 2090. The van der Waals surface area contributed by atoms with E-state index in [1.165, 1.54) is 231 Å². The van der Waals surface area contributed by atoms with Gasteiger partial charge in [0.25, 0.3) is 0 Å². The highest BCUT2D eigenvalue weighted by Gasteiger charge is 2.19. The van der Waals surface area contributed by atoms with Crippen molar-refractivity contribution in [3.05, 3.63) is 107 Å². The summed E-state index contributed by atoms with van der Waals surface area (Å²) in [6, 6.07) is 21.9. The summed E-state index contributed by atoms with van der Waals surface area (Å²) >= 11 is 0.866. The first-order valence-electron chi connectivity index (χ1n) is 31.4. The van der Waals surface area contributed by atoms with Crippen molar-refractivity contribution >= 4 is 44.9 Å². The minimum absolute atomic E-state index is 0.648. The van der Waals surface area contributed by atoms with Gasteiger partial charge in [0.1, 0.15) is 0 Å². The Hall–Kier alpha value is -3.67. The second kappa shape index (κ2) is 43.3. The number of hydrogen-bond acceptors (Lipinski definition) is 5. The summed E-state index contributed by atoms with van der Waals surface area (Å²) in [7, 11) is 0. The summed E-state index contributed by atoms with van der Waals surface area (Å²) in [4.78, 5) is 1.01. The first kappa shape index (κ1) is 65.6. The SMILES string of the molecule is C=C(NCc1c2ccccc2c(C2=CC=C(SO)CC2)c2ccccc12)c1cc(C)c(OCCCCCCCCCCCC)c(OCCCCCCCCCCCC)c1.CCC.CCCCCCCCCCCCC. The topological polar surface area (TPSA) is 50.7 Å². The second-order valence-corrected chi connectivity index (χ2v) is 22.5. The fourth-order valence-electron chi connectivity index (χ4n) is 10.4. The van der Waals surface area contributed by atoms with Crippen LogP contribution in [0, 0.1) is 6.92 Å². The Morgan fingerprint density at radius 3 is 1.28 bits per heavy atom. The number of hydrogen-bond donors (Lipinski definition) is 2. The van der Waals surface area contributed by atoms with Crippen LogP contribution in [-0.4, -0.2) is 17.8 Å². The largest absolute Gasteiger partial charge is 0.490 e. The number of allylic oxidation sites excluding steroid dienone is 4. The number of benzene rings is 4. The molecule has 5 heteroatoms. The van der Waals surface area contributed by atoms with Crippen LogP contribution < -0.4 is 14.8 Å². The highest BCUT2D eigenvalue weighted by atomic mass is 32.2. The fourth-order valence-corrected chi connectivity index (χ4v) is 10.8. The lowest BCUT2D eigenvalue weighted by Crippen LogP contribution is -2.13. The monoisotopic (exact) mass is 1050 g/mol. The summed E-state index contributed by atoms with van der Waals surface area (Å²) in [6.45, 7) is 22.2. The number of unbranched alkanes of at least 4 members (excludes halogenated alkanes) is 28. The number of aryl methyl sites for hydroxylation is 1. The molecule has 0 aromatic heterocycles. The van der Waals surface area contributed by atoms with Crippen molar-refractivity contribution in [2.24, 2.45) is 0 Å². The lowest BCUT2D eigenvalue weighted by atomic mass is 9.85. The Kier molecular flexibility index (Phi) is 37.9. The normalized spacial score (nSPS) is 12.2. The minimum atomic E-state index is 0.648. The Morgan fingerprint density at radius 2 is 0.893 bits per heavy atom. The van der Waals surface area contributed by atoms with Crippen LogP contribution in [0.15, 0.2) is 84.3 Å². The summed E-state index contributed by atoms with van der Waals surface area (Å²) in [5.74, 6) is 1.72. The van der Waals surface area contributed by atoms with Gasteiger partial charge in [-0.3, -0.25) is 0 Å². The third kappa shape index (κ3) is 26.5. The maximum atomic E-state index is 9.65. The molecule has 0 bridgehead atoms. The molecule has 0 saturated heterocycles. The minimum Gasteiger partial charge on any atom is -0.490 e. The molecule has 0 amide bonds. The molecule has 0 aliphatic heterocycles. The van der Waals surface area contributed by atoms with E-state index in [0.717, 1.165) is 77.6 Å². The average molecular weight is 1050 g/mol. The molecule has 1 aliphatic rings. The van der Waals surface area contributed by atoms with E-state index in [1.807, 2.05) is 0 Å². The van der Waals surface area contributed by atoms with E-state index in [0.29, 0.717) is 13.2 Å². The van der Waals surface area contributed by atoms with E-state index in [9.17, 15) is 4.55 Å². The maximum Gasteiger partial charge on any atom is 0.164 e. The summed E-state index contributed by atoms with van der Waals surface area (Å²) in [5, 5.41) is 8.76. The molecule has 0 atom stereocenters. The highest BCUT2D eigenvalue weighted by Crippen LogP contribution is 2.41. The van der Waals surface area contributed by atoms with Crippen molar-refractivity contribution in [3.8, 4) is 11.5 Å². The van der Waals surface area contributed by atoms with Crippen LogP contribution >= 0.6 is 12.0 Å². The standard InChI is InChI=1S/C54H75NO3S.C13H28.C3H8/c1-5-7-9-11-13-15-17-19-21-27-37-57-52-40-45(39-42(3)54(52)58-38-28-22-20-18-16-14-12-10-8-6-2)43(4)55-41-51-47-29-23-25-31-49(47)53(50-32-26-24-30-48(50)51)44-33-35-46(59-56)36-34-44;1-3-5-7-9-11-13-12-10-8-6-4-2;1-3-2/h23-26,29-33,35,39-40,55-56H,4-22,27-28,34,36-38,41H2,1-3H3;3-13H2,1-2H3;3H2,1-2H3. The van der Waals surface area contributed by atoms with Crippen LogP contribution in [0.2, 0.25) is 0 Å². The van der Waals surface area contributed by atoms with Crippen molar-refractivity contribution in [1.82, 2.24) is 5.32 Å². The molecule has 75 heavy (non-hydrogen) atoms. The maximum absolute atomic E-state index is 9.65. The molecule has 0 radical (unpaired) electrons. The van der Waals surface area contributed by atoms with Gasteiger partial charge in [-0.15, -0.1) is 0 Å². The third-order valence-corrected chi connectivity index (χ3v) is 15.4. The van der Waals surface area contributed by atoms with Gasteiger partial charge in [0.05, 0.1) is 13.2 Å². The highest BCUT2D eigenvalue weighted by molar-refractivity contribution is 7.97. The molecule has 0 spiro atoms. The molecular weight excluding hydrogens is 935 g/mol. The molecule has 420 valence electrons. The van der Waals surface area contributed by atoms with E-state index in [4.69, 9.17) is 9.47 Å². The molecule has 0 unspecified atom stereocenters. The van der Waals surface area contributed by atoms with Crippen LogP contribution in [0.3, 0.4) is 0 Å². The number of ether oxygens (including phenoxy) is 2. The third-order valence-electron chi connectivity index (χ3n) is 14.9. The quantitative estimate of drug-likeness (QED) is 0.0264. The van der Waals surface area contributed by atoms with Crippen molar-refractivity contribution < 1.29 is 14.0 Å². The second-order valence-electron chi connectivity index (χ2n) is 21.8. The molecular formula is C70H111NO3S. The average Bonchev–Trinajstić information content (AvgIpc) is 3.43. The summed E-state index contributed by atoms with van der Waals surface area (Å²) < 4.78 is 22.8. The van der Waals surface area contributed by atoms with Gasteiger partial charge in [0.2, 0.25) is 0 Å². The van der Waals surface area contributed by atoms with Gasteiger partial charge in [-0.25, -0.2) is 0 Å². The molecule has 5 rings (SSSR count). The fraction of sp³-hybridized carbons (Fsp3) is 0.629. The van der Waals surface area contributed by atoms with Gasteiger partial charge in [-0.2, -0.15) is 0 Å². The Labute approximate surface area is 466 Å². The van der Waals surface area contributed by atoms with Crippen LogP contribution in [0.4, 0.5) is 0 Å². The van der Waals surface area contributed by atoms with Gasteiger partial charge in [-0.05, 0) is 88.5 Å². The van der Waals surface area contributed by atoms with Crippen molar-refractivity contribution in [3.63, 3.8) is 0 Å².